The van der Waals surface area contributed by atoms with Crippen LogP contribution in [0.4, 0.5) is 0 Å². The molecule has 0 bridgehead atoms. The Hall–Kier alpha value is -2.67. The van der Waals surface area contributed by atoms with Gasteiger partial charge in [0, 0.05) is 23.1 Å². The molecule has 7 heteroatoms. The zero-order valence-electron chi connectivity index (χ0n) is 14.1. The van der Waals surface area contributed by atoms with Gasteiger partial charge in [0.15, 0.2) is 0 Å². The number of aromatic nitrogens is 2. The number of pyridine rings is 1. The number of aryl methyl sites for hydroxylation is 3. The van der Waals surface area contributed by atoms with Gasteiger partial charge in [-0.2, -0.15) is 0 Å². The molecule has 0 saturated carbocycles. The van der Waals surface area contributed by atoms with Crippen LogP contribution >= 0.6 is 15.9 Å². The molecule has 0 atom stereocenters. The highest BCUT2D eigenvalue weighted by molar-refractivity contribution is 9.10. The van der Waals surface area contributed by atoms with Gasteiger partial charge in [0.25, 0.3) is 11.8 Å². The number of carbonyl (C=O) groups excluding carboxylic acids is 2. The lowest BCUT2D eigenvalue weighted by atomic mass is 10.1. The van der Waals surface area contributed by atoms with Crippen LogP contribution in [0.15, 0.2) is 41.0 Å². The van der Waals surface area contributed by atoms with E-state index >= 15 is 0 Å². The normalized spacial score (nSPS) is 10.7. The topological polar surface area (TPSA) is 76.0 Å². The summed E-state index contributed by atoms with van der Waals surface area (Å²) >= 11 is 3.31. The third kappa shape index (κ3) is 3.56. The summed E-state index contributed by atoms with van der Waals surface area (Å²) in [6.45, 7) is 3.77. The summed E-state index contributed by atoms with van der Waals surface area (Å²) in [6.07, 6.45) is 1.76. The maximum atomic E-state index is 12.4. The van der Waals surface area contributed by atoms with Crippen LogP contribution in [-0.2, 0) is 7.05 Å². The number of rotatable bonds is 2. The van der Waals surface area contributed by atoms with E-state index in [0.29, 0.717) is 17.0 Å². The number of nitrogens with zero attached hydrogens (tertiary/aromatic N) is 2. The lowest BCUT2D eigenvalue weighted by Crippen LogP contribution is -2.42. The second-order valence-corrected chi connectivity index (χ2v) is 6.80. The van der Waals surface area contributed by atoms with Gasteiger partial charge in [-0.1, -0.05) is 12.1 Å². The van der Waals surface area contributed by atoms with Gasteiger partial charge in [0.05, 0.1) is 16.8 Å². The number of hydrazine groups is 1. The smallest absolute Gasteiger partial charge is 0.286 e. The molecule has 128 valence electrons. The first-order valence-corrected chi connectivity index (χ1v) is 8.45. The molecule has 0 aliphatic carbocycles. The van der Waals surface area contributed by atoms with Crippen molar-refractivity contribution in [1.82, 2.24) is 20.4 Å². The van der Waals surface area contributed by atoms with E-state index in [4.69, 9.17) is 0 Å². The predicted octanol–water partition coefficient (Wildman–Crippen LogP) is 3.03. The zero-order valence-corrected chi connectivity index (χ0v) is 15.6. The van der Waals surface area contributed by atoms with Crippen molar-refractivity contribution in [2.75, 3.05) is 0 Å². The maximum Gasteiger partial charge on any atom is 0.286 e. The van der Waals surface area contributed by atoms with Gasteiger partial charge in [-0.3, -0.25) is 25.4 Å². The first-order chi connectivity index (χ1) is 11.8. The Morgan fingerprint density at radius 3 is 2.48 bits per heavy atom. The van der Waals surface area contributed by atoms with Crippen LogP contribution in [-0.4, -0.2) is 21.4 Å². The Morgan fingerprint density at radius 1 is 1.08 bits per heavy atom. The fourth-order valence-corrected chi connectivity index (χ4v) is 3.12. The van der Waals surface area contributed by atoms with Gasteiger partial charge in [0.1, 0.15) is 5.69 Å². The highest BCUT2D eigenvalue weighted by Gasteiger charge is 2.15. The van der Waals surface area contributed by atoms with Crippen molar-refractivity contribution >= 4 is 38.6 Å². The molecular weight excluding hydrogens is 384 g/mol. The summed E-state index contributed by atoms with van der Waals surface area (Å²) in [7, 11) is 1.75. The first kappa shape index (κ1) is 17.2. The van der Waals surface area contributed by atoms with Crippen LogP contribution in [0, 0.1) is 13.8 Å². The third-order valence-electron chi connectivity index (χ3n) is 3.90. The molecule has 0 fully saturated rings. The van der Waals surface area contributed by atoms with Crippen LogP contribution < -0.4 is 10.9 Å². The molecule has 6 nitrogen and oxygen atoms in total. The van der Waals surface area contributed by atoms with Crippen LogP contribution in [0.2, 0.25) is 0 Å². The van der Waals surface area contributed by atoms with E-state index in [0.717, 1.165) is 20.9 Å². The fourth-order valence-electron chi connectivity index (χ4n) is 2.60. The second kappa shape index (κ2) is 6.68. The van der Waals surface area contributed by atoms with E-state index in [-0.39, 0.29) is 0 Å². The van der Waals surface area contributed by atoms with E-state index in [2.05, 4.69) is 31.8 Å². The van der Waals surface area contributed by atoms with E-state index in [1.54, 1.807) is 36.9 Å². The van der Waals surface area contributed by atoms with Crippen LogP contribution in [0.5, 0.6) is 0 Å². The number of benzene rings is 1. The molecule has 2 heterocycles. The molecule has 0 aliphatic rings. The molecule has 1 aromatic carbocycles. The molecule has 2 N–H and O–H groups in total. The fraction of sp³-hybridized carbons (Fsp3) is 0.167. The van der Waals surface area contributed by atoms with E-state index in [1.807, 2.05) is 25.1 Å². The lowest BCUT2D eigenvalue weighted by Gasteiger charge is -2.10. The Kier molecular flexibility index (Phi) is 4.59. The number of nitrogens with one attached hydrogen (secondary N) is 2. The van der Waals surface area contributed by atoms with Crippen molar-refractivity contribution in [3.05, 3.63) is 63.5 Å². The Morgan fingerprint density at radius 2 is 1.80 bits per heavy atom. The molecule has 0 aliphatic heterocycles. The second-order valence-electron chi connectivity index (χ2n) is 5.88. The molecule has 0 spiro atoms. The monoisotopic (exact) mass is 400 g/mol. The molecule has 3 aromatic rings. The summed E-state index contributed by atoms with van der Waals surface area (Å²) in [6, 6.07) is 9.31. The molecule has 0 unspecified atom stereocenters. The number of fused-ring (bicyclic) bond motifs is 1. The molecule has 3 rings (SSSR count). The number of hydrogen-bond acceptors (Lipinski definition) is 3. The van der Waals surface area contributed by atoms with Gasteiger partial charge in [0.2, 0.25) is 0 Å². The SMILES string of the molecule is Cc1ccc2cc(C(=O)NNC(=O)c3cc(Br)cn3C)c(C)nc2c1. The Labute approximate surface area is 153 Å². The summed E-state index contributed by atoms with van der Waals surface area (Å²) in [5, 5.41) is 0.874. The van der Waals surface area contributed by atoms with Gasteiger partial charge in [-0.25, -0.2) is 0 Å². The minimum atomic E-state index is -0.408. The van der Waals surface area contributed by atoms with Gasteiger partial charge < -0.3 is 4.57 Å². The first-order valence-electron chi connectivity index (χ1n) is 7.65. The predicted molar refractivity (Wildman–Crippen MR) is 99.3 cm³/mol. The van der Waals surface area contributed by atoms with E-state index in [1.165, 1.54) is 0 Å². The average molecular weight is 401 g/mol. The van der Waals surface area contributed by atoms with Crippen molar-refractivity contribution in [2.24, 2.45) is 7.05 Å². The van der Waals surface area contributed by atoms with Crippen molar-refractivity contribution in [3.8, 4) is 0 Å². The summed E-state index contributed by atoms with van der Waals surface area (Å²) < 4.78 is 2.45. The molecule has 2 amide bonds. The maximum absolute atomic E-state index is 12.4. The molecule has 25 heavy (non-hydrogen) atoms. The largest absolute Gasteiger partial charge is 0.345 e. The standard InChI is InChI=1S/C18H17BrN4O2/c1-10-4-5-12-7-14(11(2)20-15(12)6-10)17(24)21-22-18(25)16-8-13(19)9-23(16)3/h4-9H,1-3H3,(H,21,24)(H,22,25). The molecule has 0 radical (unpaired) electrons. The zero-order chi connectivity index (χ0) is 18.1. The highest BCUT2D eigenvalue weighted by Crippen LogP contribution is 2.18. The molecule has 0 saturated heterocycles. The van der Waals surface area contributed by atoms with Gasteiger partial charge in [-0.15, -0.1) is 0 Å². The van der Waals surface area contributed by atoms with Crippen molar-refractivity contribution < 1.29 is 9.59 Å². The van der Waals surface area contributed by atoms with E-state index in [9.17, 15) is 9.59 Å². The van der Waals surface area contributed by atoms with Crippen molar-refractivity contribution in [3.63, 3.8) is 0 Å². The minimum absolute atomic E-state index is 0.399. The lowest BCUT2D eigenvalue weighted by molar-refractivity contribution is 0.0841. The van der Waals surface area contributed by atoms with Crippen LogP contribution in [0.25, 0.3) is 10.9 Å². The van der Waals surface area contributed by atoms with Crippen LogP contribution in [0.3, 0.4) is 0 Å². The van der Waals surface area contributed by atoms with E-state index < -0.39 is 11.8 Å². The minimum Gasteiger partial charge on any atom is -0.345 e. The summed E-state index contributed by atoms with van der Waals surface area (Å²) in [5.41, 5.74) is 8.27. The Bertz CT molecular complexity index is 994. The van der Waals surface area contributed by atoms with Gasteiger partial charge in [-0.05, 0) is 53.5 Å². The average Bonchev–Trinajstić information content (AvgIpc) is 2.90. The summed E-state index contributed by atoms with van der Waals surface area (Å²) in [4.78, 5) is 29.1. The highest BCUT2D eigenvalue weighted by atomic mass is 79.9. The van der Waals surface area contributed by atoms with Crippen LogP contribution in [0.1, 0.15) is 32.1 Å². The quantitative estimate of drug-likeness (QED) is 0.649. The number of amides is 2. The van der Waals surface area contributed by atoms with Crippen molar-refractivity contribution in [2.45, 2.75) is 13.8 Å². The number of halogens is 1. The van der Waals surface area contributed by atoms with Crippen molar-refractivity contribution in [1.29, 1.82) is 0 Å². The number of carbonyl (C=O) groups is 2. The third-order valence-corrected chi connectivity index (χ3v) is 4.34. The van der Waals surface area contributed by atoms with Gasteiger partial charge >= 0.3 is 0 Å². The number of hydrogen-bond donors (Lipinski definition) is 2. The molecule has 2 aromatic heterocycles. The Balaban J connectivity index is 1.78. The summed E-state index contributed by atoms with van der Waals surface area (Å²) in [5.74, 6) is -0.808. The molecular formula is C18H17BrN4O2.